The Morgan fingerprint density at radius 3 is 2.53 bits per heavy atom. The fraction of sp³-hybridized carbons (Fsp3) is 0.381. The van der Waals surface area contributed by atoms with Crippen LogP contribution in [0.1, 0.15) is 23.0 Å². The molecular weight excluding hydrogens is 400 g/mol. The molecule has 9 heteroatoms. The third kappa shape index (κ3) is 4.47. The number of hydrogen-bond acceptors (Lipinski definition) is 7. The average molecular weight is 427 g/mol. The molecule has 1 amide bonds. The fourth-order valence-corrected chi connectivity index (χ4v) is 4.33. The molecule has 1 aromatic carbocycles. The molecule has 3 aromatic rings. The summed E-state index contributed by atoms with van der Waals surface area (Å²) < 4.78 is 6.97. The van der Waals surface area contributed by atoms with Gasteiger partial charge in [-0.15, -0.1) is 10.2 Å². The highest BCUT2D eigenvalue weighted by molar-refractivity contribution is 7.17. The van der Waals surface area contributed by atoms with Crippen LogP contribution in [0.15, 0.2) is 42.6 Å². The number of likely N-dealkylation sites (N-methyl/N-ethyl adjacent to an activating group) is 1. The Labute approximate surface area is 180 Å². The van der Waals surface area contributed by atoms with Crippen molar-refractivity contribution in [2.75, 3.05) is 44.7 Å². The SMILES string of the molecule is CCN1CCN(c2nnc(-n3cccc3C(=O)NCc3ccc(OC)cc3)s2)CC1. The first-order valence-corrected chi connectivity index (χ1v) is 10.9. The zero-order valence-electron chi connectivity index (χ0n) is 17.2. The number of rotatable bonds is 7. The van der Waals surface area contributed by atoms with Crippen molar-refractivity contribution < 1.29 is 9.53 Å². The van der Waals surface area contributed by atoms with E-state index in [0.29, 0.717) is 17.4 Å². The summed E-state index contributed by atoms with van der Waals surface area (Å²) in [4.78, 5) is 17.4. The Kier molecular flexibility index (Phi) is 6.29. The third-order valence-electron chi connectivity index (χ3n) is 5.29. The van der Waals surface area contributed by atoms with Gasteiger partial charge in [0, 0.05) is 38.9 Å². The maximum atomic E-state index is 12.8. The summed E-state index contributed by atoms with van der Waals surface area (Å²) in [7, 11) is 1.63. The van der Waals surface area contributed by atoms with Crippen molar-refractivity contribution in [3.63, 3.8) is 0 Å². The summed E-state index contributed by atoms with van der Waals surface area (Å²) in [5, 5.41) is 13.3. The van der Waals surface area contributed by atoms with Gasteiger partial charge in [0.15, 0.2) is 0 Å². The van der Waals surface area contributed by atoms with E-state index in [1.807, 2.05) is 36.5 Å². The van der Waals surface area contributed by atoms with Gasteiger partial charge in [0.25, 0.3) is 5.91 Å². The van der Waals surface area contributed by atoms with Gasteiger partial charge in [-0.05, 0) is 36.4 Å². The van der Waals surface area contributed by atoms with Crippen molar-refractivity contribution in [3.8, 4) is 10.9 Å². The summed E-state index contributed by atoms with van der Waals surface area (Å²) in [6.45, 7) is 7.67. The first-order chi connectivity index (χ1) is 14.7. The van der Waals surface area contributed by atoms with Crippen LogP contribution in [0.5, 0.6) is 5.75 Å². The zero-order valence-corrected chi connectivity index (χ0v) is 18.1. The zero-order chi connectivity index (χ0) is 20.9. The molecule has 0 bridgehead atoms. The number of carbonyl (C=O) groups excluding carboxylic acids is 1. The lowest BCUT2D eigenvalue weighted by atomic mass is 10.2. The Balaban J connectivity index is 1.41. The molecule has 1 N–H and O–H groups in total. The molecule has 158 valence electrons. The Bertz CT molecular complexity index is 976. The summed E-state index contributed by atoms with van der Waals surface area (Å²) in [6, 6.07) is 11.3. The Hall–Kier alpha value is -2.91. The number of carbonyl (C=O) groups is 1. The quantitative estimate of drug-likeness (QED) is 0.625. The molecule has 1 aliphatic heterocycles. The number of ether oxygens (including phenoxy) is 1. The van der Waals surface area contributed by atoms with Crippen molar-refractivity contribution in [2.45, 2.75) is 13.5 Å². The van der Waals surface area contributed by atoms with Crippen LogP contribution in [0.25, 0.3) is 5.13 Å². The standard InChI is InChI=1S/C21H26N6O2S/c1-3-25-11-13-26(14-12-25)20-23-24-21(30-20)27-10-4-5-18(27)19(28)22-15-16-6-8-17(29-2)9-7-16/h4-10H,3,11-15H2,1-2H3,(H,22,28). The molecule has 1 saturated heterocycles. The van der Waals surface area contributed by atoms with Crippen molar-refractivity contribution in [1.82, 2.24) is 25.0 Å². The second kappa shape index (κ2) is 9.27. The van der Waals surface area contributed by atoms with E-state index in [1.54, 1.807) is 17.7 Å². The third-order valence-corrected chi connectivity index (χ3v) is 6.28. The number of aromatic nitrogens is 3. The summed E-state index contributed by atoms with van der Waals surface area (Å²) >= 11 is 1.51. The number of methoxy groups -OCH3 is 1. The smallest absolute Gasteiger partial charge is 0.268 e. The number of amides is 1. The molecule has 4 rings (SSSR count). The van der Waals surface area contributed by atoms with Crippen LogP contribution < -0.4 is 15.0 Å². The Morgan fingerprint density at radius 1 is 1.10 bits per heavy atom. The number of nitrogens with one attached hydrogen (secondary N) is 1. The van der Waals surface area contributed by atoms with E-state index in [1.165, 1.54) is 11.3 Å². The predicted molar refractivity (Wildman–Crippen MR) is 118 cm³/mol. The van der Waals surface area contributed by atoms with Crippen molar-refractivity contribution in [3.05, 3.63) is 53.9 Å². The minimum atomic E-state index is -0.149. The molecule has 0 saturated carbocycles. The molecule has 0 unspecified atom stereocenters. The normalized spacial score (nSPS) is 14.7. The molecule has 30 heavy (non-hydrogen) atoms. The van der Waals surface area contributed by atoms with Crippen LogP contribution in [0.2, 0.25) is 0 Å². The number of hydrogen-bond donors (Lipinski definition) is 1. The molecular formula is C21H26N6O2S. The van der Waals surface area contributed by atoms with Gasteiger partial charge in [-0.1, -0.05) is 30.4 Å². The van der Waals surface area contributed by atoms with Gasteiger partial charge in [-0.2, -0.15) is 0 Å². The first-order valence-electron chi connectivity index (χ1n) is 10.1. The van der Waals surface area contributed by atoms with E-state index < -0.39 is 0 Å². The van der Waals surface area contributed by atoms with Crippen LogP contribution in [-0.4, -0.2) is 65.4 Å². The molecule has 2 aromatic heterocycles. The number of nitrogens with zero attached hydrogens (tertiary/aromatic N) is 5. The second-order valence-corrected chi connectivity index (χ2v) is 8.02. The summed E-state index contributed by atoms with van der Waals surface area (Å²) in [6.07, 6.45) is 1.85. The number of anilines is 1. The van der Waals surface area contributed by atoms with Gasteiger partial charge in [0.2, 0.25) is 10.3 Å². The van der Waals surface area contributed by atoms with Gasteiger partial charge >= 0.3 is 0 Å². The molecule has 0 atom stereocenters. The molecule has 1 aliphatic rings. The summed E-state index contributed by atoms with van der Waals surface area (Å²) in [5.41, 5.74) is 1.55. The largest absolute Gasteiger partial charge is 0.497 e. The van der Waals surface area contributed by atoms with Crippen LogP contribution in [0, 0.1) is 0 Å². The van der Waals surface area contributed by atoms with E-state index in [-0.39, 0.29) is 5.91 Å². The van der Waals surface area contributed by atoms with E-state index in [4.69, 9.17) is 4.74 Å². The maximum absolute atomic E-state index is 12.8. The van der Waals surface area contributed by atoms with E-state index in [9.17, 15) is 4.79 Å². The van der Waals surface area contributed by atoms with E-state index >= 15 is 0 Å². The summed E-state index contributed by atoms with van der Waals surface area (Å²) in [5.74, 6) is 0.645. The fourth-order valence-electron chi connectivity index (χ4n) is 3.44. The van der Waals surface area contributed by atoms with Gasteiger partial charge in [-0.3, -0.25) is 9.36 Å². The molecule has 3 heterocycles. The highest BCUT2D eigenvalue weighted by Gasteiger charge is 2.21. The minimum absolute atomic E-state index is 0.149. The van der Waals surface area contributed by atoms with Crippen molar-refractivity contribution >= 4 is 22.4 Å². The van der Waals surface area contributed by atoms with Crippen LogP contribution in [-0.2, 0) is 6.54 Å². The number of benzene rings is 1. The lowest BCUT2D eigenvalue weighted by molar-refractivity contribution is 0.0944. The topological polar surface area (TPSA) is 75.5 Å². The van der Waals surface area contributed by atoms with Gasteiger partial charge in [-0.25, -0.2) is 0 Å². The monoisotopic (exact) mass is 426 g/mol. The van der Waals surface area contributed by atoms with Gasteiger partial charge in [0.1, 0.15) is 11.4 Å². The highest BCUT2D eigenvalue weighted by Crippen LogP contribution is 2.25. The molecule has 8 nitrogen and oxygen atoms in total. The van der Waals surface area contributed by atoms with E-state index in [0.717, 1.165) is 49.2 Å². The Morgan fingerprint density at radius 2 is 1.83 bits per heavy atom. The molecule has 1 fully saturated rings. The van der Waals surface area contributed by atoms with Crippen LogP contribution >= 0.6 is 11.3 Å². The highest BCUT2D eigenvalue weighted by atomic mass is 32.1. The first kappa shape index (κ1) is 20.4. The molecule has 0 aliphatic carbocycles. The average Bonchev–Trinajstić information content (AvgIpc) is 3.47. The minimum Gasteiger partial charge on any atom is -0.497 e. The van der Waals surface area contributed by atoms with Gasteiger partial charge < -0.3 is 19.9 Å². The molecule has 0 spiro atoms. The van der Waals surface area contributed by atoms with Crippen LogP contribution in [0.4, 0.5) is 5.13 Å². The lowest BCUT2D eigenvalue weighted by Gasteiger charge is -2.33. The van der Waals surface area contributed by atoms with Crippen LogP contribution in [0.3, 0.4) is 0 Å². The lowest BCUT2D eigenvalue weighted by Crippen LogP contribution is -2.46. The number of piperazine rings is 1. The maximum Gasteiger partial charge on any atom is 0.268 e. The van der Waals surface area contributed by atoms with Gasteiger partial charge in [0.05, 0.1) is 7.11 Å². The molecule has 0 radical (unpaired) electrons. The van der Waals surface area contributed by atoms with E-state index in [2.05, 4.69) is 32.2 Å². The van der Waals surface area contributed by atoms with Crippen molar-refractivity contribution in [1.29, 1.82) is 0 Å². The van der Waals surface area contributed by atoms with Crippen molar-refractivity contribution in [2.24, 2.45) is 0 Å². The predicted octanol–water partition coefficient (Wildman–Crippen LogP) is 2.41. The second-order valence-electron chi connectivity index (χ2n) is 7.08.